The molecule has 2 aromatic rings. The second-order valence-electron chi connectivity index (χ2n) is 4.36. The van der Waals surface area contributed by atoms with Crippen molar-refractivity contribution in [2.75, 3.05) is 0 Å². The third kappa shape index (κ3) is 1.84. The first-order valence-corrected chi connectivity index (χ1v) is 6.20. The molecule has 0 aromatic heterocycles. The van der Waals surface area contributed by atoms with Gasteiger partial charge in [-0.2, -0.15) is 0 Å². The molecule has 0 fully saturated rings. The first kappa shape index (κ1) is 11.2. The van der Waals surface area contributed by atoms with E-state index >= 15 is 0 Å². The maximum atomic E-state index is 3.57. The van der Waals surface area contributed by atoms with E-state index in [0.29, 0.717) is 0 Å². The van der Waals surface area contributed by atoms with Gasteiger partial charge in [-0.25, -0.2) is 0 Å². The first-order chi connectivity index (χ1) is 7.77. The molecule has 16 heavy (non-hydrogen) atoms. The number of hydrogen-bond acceptors (Lipinski definition) is 0. The summed E-state index contributed by atoms with van der Waals surface area (Å²) in [6.45, 7) is 6.64. The van der Waals surface area contributed by atoms with E-state index in [0.717, 1.165) is 12.8 Å². The molecule has 0 bridgehead atoms. The zero-order valence-corrected chi connectivity index (χ0v) is 10.4. The summed E-state index contributed by atoms with van der Waals surface area (Å²) >= 11 is 0. The van der Waals surface area contributed by atoms with E-state index in [1.54, 1.807) is 0 Å². The standard InChI is InChI=1S/C16H19/c1-4-8-13-11-12(3)15-9-6-7-10-16(15)14(13)5-2/h6-7,9-10H,4-5,8H2,1-3H3. The minimum absolute atomic E-state index is 1.10. The highest BCUT2D eigenvalue weighted by Crippen LogP contribution is 2.26. The highest BCUT2D eigenvalue weighted by Gasteiger charge is 2.08. The van der Waals surface area contributed by atoms with Crippen LogP contribution in [0.5, 0.6) is 0 Å². The van der Waals surface area contributed by atoms with E-state index in [1.807, 2.05) is 0 Å². The van der Waals surface area contributed by atoms with Crippen LogP contribution in [0.15, 0.2) is 24.3 Å². The third-order valence-corrected chi connectivity index (χ3v) is 3.21. The molecule has 0 saturated carbocycles. The summed E-state index contributed by atoms with van der Waals surface area (Å²) in [5.41, 5.74) is 4.19. The average molecular weight is 211 g/mol. The van der Waals surface area contributed by atoms with Gasteiger partial charge in [0.25, 0.3) is 0 Å². The second-order valence-corrected chi connectivity index (χ2v) is 4.36. The fourth-order valence-corrected chi connectivity index (χ4v) is 2.47. The Kier molecular flexibility index (Phi) is 3.28. The van der Waals surface area contributed by atoms with Gasteiger partial charge in [0.05, 0.1) is 0 Å². The third-order valence-electron chi connectivity index (χ3n) is 3.21. The minimum Gasteiger partial charge on any atom is -0.0651 e. The predicted molar refractivity (Wildman–Crippen MR) is 70.9 cm³/mol. The van der Waals surface area contributed by atoms with Crippen molar-refractivity contribution in [1.82, 2.24) is 0 Å². The highest BCUT2D eigenvalue weighted by molar-refractivity contribution is 5.89. The molecule has 0 aliphatic carbocycles. The zero-order valence-electron chi connectivity index (χ0n) is 10.4. The van der Waals surface area contributed by atoms with E-state index in [2.05, 4.69) is 51.1 Å². The Bertz CT molecular complexity index is 495. The van der Waals surface area contributed by atoms with Gasteiger partial charge in [0.1, 0.15) is 0 Å². The van der Waals surface area contributed by atoms with Crippen molar-refractivity contribution >= 4 is 10.8 Å². The fourth-order valence-electron chi connectivity index (χ4n) is 2.47. The molecule has 1 radical (unpaired) electrons. The molecule has 0 aliphatic heterocycles. The van der Waals surface area contributed by atoms with E-state index in [4.69, 9.17) is 0 Å². The fraction of sp³-hybridized carbons (Fsp3) is 0.375. The highest BCUT2D eigenvalue weighted by atomic mass is 14.1. The van der Waals surface area contributed by atoms with Crippen LogP contribution in [0.2, 0.25) is 0 Å². The maximum Gasteiger partial charge on any atom is -0.0108 e. The Labute approximate surface area is 98.3 Å². The predicted octanol–water partition coefficient (Wildman–Crippen LogP) is 4.46. The zero-order chi connectivity index (χ0) is 11.5. The second kappa shape index (κ2) is 4.69. The van der Waals surface area contributed by atoms with Gasteiger partial charge in [-0.1, -0.05) is 44.5 Å². The van der Waals surface area contributed by atoms with Crippen LogP contribution >= 0.6 is 0 Å². The lowest BCUT2D eigenvalue weighted by Gasteiger charge is -2.13. The molecule has 2 aromatic carbocycles. The molecular weight excluding hydrogens is 192 g/mol. The van der Waals surface area contributed by atoms with E-state index in [-0.39, 0.29) is 0 Å². The Morgan fingerprint density at radius 1 is 1.06 bits per heavy atom. The molecule has 0 unspecified atom stereocenters. The number of aryl methyl sites for hydroxylation is 3. The summed E-state index contributed by atoms with van der Waals surface area (Å²) < 4.78 is 0. The van der Waals surface area contributed by atoms with Gasteiger partial charge in [0.2, 0.25) is 0 Å². The lowest BCUT2D eigenvalue weighted by atomic mass is 9.92. The van der Waals surface area contributed by atoms with Crippen molar-refractivity contribution in [3.05, 3.63) is 47.0 Å². The summed E-state index contributed by atoms with van der Waals surface area (Å²) in [6, 6.07) is 12.3. The molecule has 0 N–H and O–H groups in total. The molecule has 0 aliphatic rings. The van der Waals surface area contributed by atoms with E-state index in [9.17, 15) is 0 Å². The van der Waals surface area contributed by atoms with Crippen LogP contribution in [-0.2, 0) is 12.8 Å². The van der Waals surface area contributed by atoms with Crippen LogP contribution in [0.4, 0.5) is 0 Å². The largest absolute Gasteiger partial charge is 0.0651 e. The Balaban J connectivity index is 2.74. The Morgan fingerprint density at radius 3 is 2.38 bits per heavy atom. The summed E-state index contributed by atoms with van der Waals surface area (Å²) in [5.74, 6) is 0. The lowest BCUT2D eigenvalue weighted by molar-refractivity contribution is 0.900. The molecule has 2 rings (SSSR count). The lowest BCUT2D eigenvalue weighted by Crippen LogP contribution is -1.96. The number of rotatable bonds is 3. The molecule has 0 heteroatoms. The Morgan fingerprint density at radius 2 is 1.75 bits per heavy atom. The summed E-state index contributed by atoms with van der Waals surface area (Å²) in [4.78, 5) is 0. The summed E-state index contributed by atoms with van der Waals surface area (Å²) in [7, 11) is 0. The SMILES string of the molecule is CCCc1[c]c(C)c2ccccc2c1CC. The van der Waals surface area contributed by atoms with Crippen LogP contribution in [0.3, 0.4) is 0 Å². The van der Waals surface area contributed by atoms with Crippen LogP contribution in [-0.4, -0.2) is 0 Å². The first-order valence-electron chi connectivity index (χ1n) is 6.20. The molecule has 83 valence electrons. The van der Waals surface area contributed by atoms with Crippen molar-refractivity contribution in [2.24, 2.45) is 0 Å². The van der Waals surface area contributed by atoms with Crippen LogP contribution in [0.25, 0.3) is 10.8 Å². The Hall–Kier alpha value is -1.30. The van der Waals surface area contributed by atoms with Crippen LogP contribution in [0, 0.1) is 13.0 Å². The van der Waals surface area contributed by atoms with Crippen molar-refractivity contribution in [3.63, 3.8) is 0 Å². The molecular formula is C16H19. The molecule has 0 amide bonds. The summed E-state index contributed by atoms with van der Waals surface area (Å²) in [5, 5.41) is 2.78. The average Bonchev–Trinajstić information content (AvgIpc) is 2.30. The van der Waals surface area contributed by atoms with Crippen LogP contribution in [0.1, 0.15) is 37.0 Å². The van der Waals surface area contributed by atoms with Crippen molar-refractivity contribution in [3.8, 4) is 0 Å². The molecule has 0 saturated heterocycles. The van der Waals surface area contributed by atoms with Crippen molar-refractivity contribution in [2.45, 2.75) is 40.0 Å². The van der Waals surface area contributed by atoms with Crippen LogP contribution < -0.4 is 0 Å². The van der Waals surface area contributed by atoms with Gasteiger partial charge in [-0.3, -0.25) is 0 Å². The quantitative estimate of drug-likeness (QED) is 0.703. The minimum atomic E-state index is 1.10. The number of hydrogen-bond donors (Lipinski definition) is 0. The smallest absolute Gasteiger partial charge is 0.0108 e. The number of fused-ring (bicyclic) bond motifs is 1. The van der Waals surface area contributed by atoms with Gasteiger partial charge in [0.15, 0.2) is 0 Å². The normalized spacial score (nSPS) is 10.9. The topological polar surface area (TPSA) is 0 Å². The van der Waals surface area contributed by atoms with Gasteiger partial charge in [-0.05, 0) is 53.3 Å². The van der Waals surface area contributed by atoms with E-state index in [1.165, 1.54) is 33.9 Å². The molecule has 0 nitrogen and oxygen atoms in total. The summed E-state index contributed by atoms with van der Waals surface area (Å²) in [6.07, 6.45) is 3.45. The number of benzene rings is 2. The monoisotopic (exact) mass is 211 g/mol. The van der Waals surface area contributed by atoms with Gasteiger partial charge in [0, 0.05) is 0 Å². The molecule has 0 heterocycles. The van der Waals surface area contributed by atoms with Crippen molar-refractivity contribution in [1.29, 1.82) is 0 Å². The van der Waals surface area contributed by atoms with E-state index < -0.39 is 0 Å². The van der Waals surface area contributed by atoms with Crippen molar-refractivity contribution < 1.29 is 0 Å². The maximum absolute atomic E-state index is 3.57. The van der Waals surface area contributed by atoms with Gasteiger partial charge >= 0.3 is 0 Å². The van der Waals surface area contributed by atoms with Gasteiger partial charge < -0.3 is 0 Å². The molecule has 0 spiro atoms. The van der Waals surface area contributed by atoms with Gasteiger partial charge in [-0.15, -0.1) is 0 Å². The molecule has 0 atom stereocenters.